The van der Waals surface area contributed by atoms with E-state index in [4.69, 9.17) is 14.2 Å². The predicted octanol–water partition coefficient (Wildman–Crippen LogP) is 23.9. The fourth-order valence-electron chi connectivity index (χ4n) is 9.27. The summed E-state index contributed by atoms with van der Waals surface area (Å²) < 4.78 is 16.9. The monoisotopic (exact) mass is 1150 g/mol. The smallest absolute Gasteiger partial charge is 0.306 e. The van der Waals surface area contributed by atoms with Crippen molar-refractivity contribution in [2.75, 3.05) is 13.2 Å². The molecule has 0 saturated carbocycles. The van der Waals surface area contributed by atoms with Crippen molar-refractivity contribution >= 4 is 17.9 Å². The molecule has 1 atom stereocenters. The Balaban J connectivity index is 4.50. The minimum atomic E-state index is -0.813. The van der Waals surface area contributed by atoms with Gasteiger partial charge in [-0.2, -0.15) is 0 Å². The van der Waals surface area contributed by atoms with Gasteiger partial charge in [0.05, 0.1) is 0 Å². The van der Waals surface area contributed by atoms with Gasteiger partial charge in [-0.25, -0.2) is 0 Å². The van der Waals surface area contributed by atoms with E-state index in [1.54, 1.807) is 0 Å². The Morgan fingerprint density at radius 3 is 0.735 bits per heavy atom. The Morgan fingerprint density at radius 2 is 0.470 bits per heavy atom. The first-order valence-electron chi connectivity index (χ1n) is 34.3. The minimum absolute atomic E-state index is 0.109. The van der Waals surface area contributed by atoms with Crippen molar-refractivity contribution in [3.63, 3.8) is 0 Å². The molecule has 1 unspecified atom stereocenters. The van der Waals surface area contributed by atoms with Gasteiger partial charge in [0.25, 0.3) is 0 Å². The number of hydrogen-bond acceptors (Lipinski definition) is 6. The van der Waals surface area contributed by atoms with Gasteiger partial charge in [-0.1, -0.05) is 308 Å². The molecule has 0 saturated heterocycles. The highest BCUT2D eigenvalue weighted by Crippen LogP contribution is 2.17. The Morgan fingerprint density at radius 1 is 0.253 bits per heavy atom. The van der Waals surface area contributed by atoms with Crippen molar-refractivity contribution in [1.29, 1.82) is 0 Å². The van der Waals surface area contributed by atoms with Gasteiger partial charge >= 0.3 is 17.9 Å². The lowest BCUT2D eigenvalue weighted by Gasteiger charge is -2.18. The summed E-state index contributed by atoms with van der Waals surface area (Å²) in [7, 11) is 0. The number of esters is 3. The second-order valence-corrected chi connectivity index (χ2v) is 22.3. The van der Waals surface area contributed by atoms with Gasteiger partial charge in [0, 0.05) is 19.3 Å². The molecule has 0 aromatic rings. The Hall–Kier alpha value is -4.71. The summed E-state index contributed by atoms with van der Waals surface area (Å²) in [5.74, 6) is -0.964. The van der Waals surface area contributed by atoms with Crippen LogP contribution in [0.25, 0.3) is 0 Å². The molecule has 0 aromatic heterocycles. The van der Waals surface area contributed by atoms with Gasteiger partial charge in [0.1, 0.15) is 13.2 Å². The number of hydrogen-bond donors (Lipinski definition) is 0. The van der Waals surface area contributed by atoms with E-state index in [9.17, 15) is 14.4 Å². The molecule has 0 bridgehead atoms. The molecule has 0 N–H and O–H groups in total. The summed E-state index contributed by atoms with van der Waals surface area (Å²) in [4.78, 5) is 38.5. The maximum atomic E-state index is 13.0. The molecule has 0 aromatic carbocycles. The normalized spacial score (nSPS) is 13.0. The summed E-state index contributed by atoms with van der Waals surface area (Å²) in [5, 5.41) is 0. The molecule has 0 amide bonds. The number of carbonyl (C=O) groups excluding carboxylic acids is 3. The fraction of sp³-hybridized carbons (Fsp3) is 0.649. The van der Waals surface area contributed by atoms with Gasteiger partial charge in [-0.3, -0.25) is 14.4 Å². The zero-order valence-electron chi connectivity index (χ0n) is 53.9. The van der Waals surface area contributed by atoms with Crippen LogP contribution < -0.4 is 0 Å². The highest BCUT2D eigenvalue weighted by Gasteiger charge is 2.19. The molecular weight excluding hydrogens is 1020 g/mol. The van der Waals surface area contributed by atoms with E-state index in [-0.39, 0.29) is 31.1 Å². The van der Waals surface area contributed by atoms with Crippen LogP contribution in [0.3, 0.4) is 0 Å². The molecule has 0 radical (unpaired) electrons. The third-order valence-electron chi connectivity index (χ3n) is 14.3. The quantitative estimate of drug-likeness (QED) is 0.0261. The lowest BCUT2D eigenvalue weighted by atomic mass is 10.0. The van der Waals surface area contributed by atoms with E-state index < -0.39 is 6.10 Å². The maximum Gasteiger partial charge on any atom is 0.306 e. The second kappa shape index (κ2) is 69.8. The van der Waals surface area contributed by atoms with Gasteiger partial charge in [-0.05, 0) is 122 Å². The summed E-state index contributed by atoms with van der Waals surface area (Å²) >= 11 is 0. The number of ether oxygens (including phenoxy) is 3. The summed E-state index contributed by atoms with van der Waals surface area (Å²) in [6.45, 7) is 6.38. The number of rotatable bonds is 61. The van der Waals surface area contributed by atoms with Crippen molar-refractivity contribution in [3.8, 4) is 0 Å². The van der Waals surface area contributed by atoms with E-state index in [1.807, 2.05) is 0 Å². The molecule has 6 heteroatoms. The Kier molecular flexibility index (Phi) is 65.8. The van der Waals surface area contributed by atoms with Crippen LogP contribution >= 0.6 is 0 Å². The highest BCUT2D eigenvalue weighted by molar-refractivity contribution is 5.71. The third kappa shape index (κ3) is 68.0. The van der Waals surface area contributed by atoms with Crippen molar-refractivity contribution in [3.05, 3.63) is 146 Å². The Labute approximate surface area is 512 Å². The van der Waals surface area contributed by atoms with Crippen LogP contribution in [0.1, 0.15) is 303 Å². The van der Waals surface area contributed by atoms with Gasteiger partial charge in [-0.15, -0.1) is 0 Å². The molecule has 0 spiro atoms. The average molecular weight is 1150 g/mol. The van der Waals surface area contributed by atoms with Gasteiger partial charge in [0.15, 0.2) is 6.10 Å². The lowest BCUT2D eigenvalue weighted by Crippen LogP contribution is -2.30. The first-order valence-corrected chi connectivity index (χ1v) is 34.3. The Bertz CT molecular complexity index is 1800. The van der Waals surface area contributed by atoms with Crippen LogP contribution in [0, 0.1) is 0 Å². The zero-order valence-corrected chi connectivity index (χ0v) is 53.9. The molecule has 83 heavy (non-hydrogen) atoms. The van der Waals surface area contributed by atoms with Crippen molar-refractivity contribution in [2.24, 2.45) is 0 Å². The van der Waals surface area contributed by atoms with E-state index in [0.717, 1.165) is 148 Å². The predicted molar refractivity (Wildman–Crippen MR) is 362 cm³/mol. The molecule has 6 nitrogen and oxygen atoms in total. The summed E-state index contributed by atoms with van der Waals surface area (Å²) in [6.07, 6.45) is 100. The summed E-state index contributed by atoms with van der Waals surface area (Å²) in [6, 6.07) is 0. The van der Waals surface area contributed by atoms with Crippen LogP contribution in [-0.4, -0.2) is 37.2 Å². The maximum absolute atomic E-state index is 13.0. The number of carbonyl (C=O) groups is 3. The lowest BCUT2D eigenvalue weighted by molar-refractivity contribution is -0.167. The SMILES string of the molecule is CC/C=C\C/C=C\C/C=C\C/C=C\C/C=C\C/C=C\C/C=C\CCCCCC(=O)OCC(COC(=O)CCCCC/C=C\C/C=C\C/C=C\C/C=C\C/C=C\CC)OC(=O)CCCCCCCCCCCCCCCCCCCCCCC. The molecule has 0 aliphatic rings. The standard InChI is InChI=1S/C77H126O6/c1-4-7-10-13-16-19-22-25-28-31-34-36-37-38-39-41-43-46-49-52-55-58-61-64-67-70-76(79)82-73-74(72-81-75(78)69-66-63-60-57-54-51-48-45-42-33-30-27-24-21-18-15-12-9-6-3)83-77(80)71-68-65-62-59-56-53-50-47-44-40-35-32-29-26-23-20-17-14-11-8-5-2/h7,9-10,12,16,18-19,21,25,27-28,30,34,36,38-39,42-43,45-46,51-52,54-55,74H,4-6,8,11,13-15,17,20,22-24,26,29,31-33,35,37,40-41,44,47-50,53,56-73H2,1-3H3/b10-7-,12-9-,19-16-,21-18-,28-25-,30-27-,36-34-,39-38-,45-42-,46-43-,54-51-,55-52-. The van der Waals surface area contributed by atoms with E-state index >= 15 is 0 Å². The van der Waals surface area contributed by atoms with Crippen LogP contribution in [0.4, 0.5) is 0 Å². The van der Waals surface area contributed by atoms with Crippen molar-refractivity contribution in [1.82, 2.24) is 0 Å². The fourth-order valence-corrected chi connectivity index (χ4v) is 9.27. The van der Waals surface area contributed by atoms with Crippen LogP contribution in [0.15, 0.2) is 146 Å². The van der Waals surface area contributed by atoms with Crippen molar-refractivity contribution in [2.45, 2.75) is 309 Å². The number of allylic oxidation sites excluding steroid dienone is 24. The van der Waals surface area contributed by atoms with Crippen molar-refractivity contribution < 1.29 is 28.6 Å². The molecule has 0 rings (SSSR count). The largest absolute Gasteiger partial charge is 0.462 e. The minimum Gasteiger partial charge on any atom is -0.462 e. The van der Waals surface area contributed by atoms with E-state index in [0.29, 0.717) is 19.3 Å². The number of unbranched alkanes of at least 4 members (excludes halogenated alkanes) is 26. The summed E-state index contributed by atoms with van der Waals surface area (Å²) in [5.41, 5.74) is 0. The molecule has 0 aliphatic heterocycles. The zero-order chi connectivity index (χ0) is 59.9. The molecular formula is C77H126O6. The third-order valence-corrected chi connectivity index (χ3v) is 14.3. The van der Waals surface area contributed by atoms with Crippen LogP contribution in [0.2, 0.25) is 0 Å². The van der Waals surface area contributed by atoms with Crippen LogP contribution in [-0.2, 0) is 28.6 Å². The molecule has 470 valence electrons. The average Bonchev–Trinajstić information content (AvgIpc) is 3.50. The highest BCUT2D eigenvalue weighted by atomic mass is 16.6. The van der Waals surface area contributed by atoms with Crippen LogP contribution in [0.5, 0.6) is 0 Å². The first kappa shape index (κ1) is 78.3. The molecule has 0 heterocycles. The molecule has 0 aliphatic carbocycles. The van der Waals surface area contributed by atoms with Gasteiger partial charge < -0.3 is 14.2 Å². The van der Waals surface area contributed by atoms with E-state index in [2.05, 4.69) is 167 Å². The second-order valence-electron chi connectivity index (χ2n) is 22.3. The topological polar surface area (TPSA) is 78.9 Å². The molecule has 0 fully saturated rings. The van der Waals surface area contributed by atoms with E-state index in [1.165, 1.54) is 116 Å². The first-order chi connectivity index (χ1) is 41.0. The van der Waals surface area contributed by atoms with Gasteiger partial charge in [0.2, 0.25) is 0 Å².